The summed E-state index contributed by atoms with van der Waals surface area (Å²) in [5.41, 5.74) is 0.733. The van der Waals surface area contributed by atoms with Crippen molar-refractivity contribution in [3.05, 3.63) is 29.0 Å². The number of para-hydroxylation sites is 1. The monoisotopic (exact) mass is 330 g/mol. The van der Waals surface area contributed by atoms with Gasteiger partial charge in [0.05, 0.1) is 11.9 Å². The highest BCUT2D eigenvalue weighted by Gasteiger charge is 2.33. The van der Waals surface area contributed by atoms with E-state index < -0.39 is 6.04 Å². The van der Waals surface area contributed by atoms with Crippen molar-refractivity contribution in [2.75, 3.05) is 11.9 Å². The third kappa shape index (κ3) is 2.96. The van der Waals surface area contributed by atoms with Crippen LogP contribution in [-0.2, 0) is 4.79 Å². The van der Waals surface area contributed by atoms with Crippen molar-refractivity contribution in [1.82, 2.24) is 14.9 Å². The molecule has 0 saturated carbocycles. The Bertz CT molecular complexity index is 830. The molecule has 0 fully saturated rings. The molecule has 0 unspecified atom stereocenters. The van der Waals surface area contributed by atoms with Gasteiger partial charge in [0.2, 0.25) is 10.7 Å². The number of hydrogen-bond donors (Lipinski definition) is 2. The number of unbranched alkanes of at least 4 members (excludes halogenated alkanes) is 1. The number of nitrogens with zero attached hydrogens (tertiary/aromatic N) is 2. The van der Waals surface area contributed by atoms with Crippen LogP contribution in [0.1, 0.15) is 31.0 Å². The average molecular weight is 330 g/mol. The molecule has 1 aromatic heterocycles. The van der Waals surface area contributed by atoms with E-state index in [9.17, 15) is 9.59 Å². The van der Waals surface area contributed by atoms with Crippen LogP contribution < -0.4 is 10.6 Å². The van der Waals surface area contributed by atoms with E-state index in [0.29, 0.717) is 12.4 Å². The molecule has 0 spiro atoms. The lowest BCUT2D eigenvalue weighted by Crippen LogP contribution is -2.34. The van der Waals surface area contributed by atoms with E-state index in [1.54, 1.807) is 0 Å². The zero-order valence-electron chi connectivity index (χ0n) is 12.8. The van der Waals surface area contributed by atoms with Gasteiger partial charge >= 0.3 is 0 Å². The van der Waals surface area contributed by atoms with Crippen molar-refractivity contribution in [1.29, 1.82) is 0 Å². The summed E-state index contributed by atoms with van der Waals surface area (Å²) in [5, 5.41) is 6.79. The molecule has 7 heteroatoms. The molecule has 1 amide bonds. The smallest absolute Gasteiger partial charge is 0.257 e. The van der Waals surface area contributed by atoms with Crippen molar-refractivity contribution in [3.63, 3.8) is 0 Å². The maximum Gasteiger partial charge on any atom is 0.257 e. The van der Waals surface area contributed by atoms with Crippen LogP contribution in [-0.4, -0.2) is 34.0 Å². The van der Waals surface area contributed by atoms with E-state index in [1.807, 2.05) is 24.3 Å². The van der Waals surface area contributed by atoms with Gasteiger partial charge in [0.15, 0.2) is 0 Å². The molecule has 1 aromatic carbocycles. The number of nitrogens with one attached hydrogen (secondary N) is 2. The van der Waals surface area contributed by atoms with Gasteiger partial charge < -0.3 is 10.6 Å². The van der Waals surface area contributed by atoms with E-state index in [0.717, 1.165) is 23.7 Å². The quantitative estimate of drug-likeness (QED) is 0.651. The predicted octanol–water partition coefficient (Wildman–Crippen LogP) is 2.51. The molecule has 3 rings (SSSR count). The van der Waals surface area contributed by atoms with Crippen LogP contribution in [0.2, 0.25) is 0 Å². The summed E-state index contributed by atoms with van der Waals surface area (Å²) in [4.78, 5) is 28.8. The molecule has 0 radical (unpaired) electrons. The second-order valence-corrected chi connectivity index (χ2v) is 5.90. The zero-order valence-corrected chi connectivity index (χ0v) is 13.7. The minimum Gasteiger partial charge on any atom is -0.358 e. The molecule has 6 nitrogen and oxygen atoms in total. The second kappa shape index (κ2) is 6.45. The van der Waals surface area contributed by atoms with Crippen LogP contribution in [0, 0.1) is 4.77 Å². The molecule has 2 heterocycles. The minimum atomic E-state index is -0.606. The number of carbonyl (C=O) groups excluding carboxylic acids is 2. The van der Waals surface area contributed by atoms with Gasteiger partial charge in [-0.1, -0.05) is 25.5 Å². The molecule has 23 heavy (non-hydrogen) atoms. The van der Waals surface area contributed by atoms with Gasteiger partial charge in [0.1, 0.15) is 11.9 Å². The average Bonchev–Trinajstić information content (AvgIpc) is 2.85. The molecule has 120 valence electrons. The normalized spacial score (nSPS) is 16.2. The fourth-order valence-corrected chi connectivity index (χ4v) is 2.95. The lowest BCUT2D eigenvalue weighted by atomic mass is 10.2. The lowest BCUT2D eigenvalue weighted by Gasteiger charge is -2.09. The highest BCUT2D eigenvalue weighted by atomic mass is 32.1. The maximum absolute atomic E-state index is 12.5. The third-order valence-electron chi connectivity index (χ3n) is 3.86. The summed E-state index contributed by atoms with van der Waals surface area (Å²) in [6.45, 7) is 2.69. The minimum absolute atomic E-state index is 0.0906. The van der Waals surface area contributed by atoms with Crippen molar-refractivity contribution in [3.8, 4) is 0 Å². The van der Waals surface area contributed by atoms with Crippen molar-refractivity contribution < 1.29 is 9.59 Å². The summed E-state index contributed by atoms with van der Waals surface area (Å²) < 4.78 is 1.60. The Morgan fingerprint density at radius 2 is 2.22 bits per heavy atom. The first kappa shape index (κ1) is 15.6. The molecule has 1 aliphatic heterocycles. The van der Waals surface area contributed by atoms with Gasteiger partial charge in [0.25, 0.3) is 5.91 Å². The number of hydrogen-bond acceptors (Lipinski definition) is 5. The summed E-state index contributed by atoms with van der Waals surface area (Å²) in [6.07, 6.45) is 2.03. The number of amides is 1. The van der Waals surface area contributed by atoms with Gasteiger partial charge in [-0.2, -0.15) is 0 Å². The molecule has 0 bridgehead atoms. The van der Waals surface area contributed by atoms with Gasteiger partial charge in [-0.25, -0.2) is 9.55 Å². The Labute approximate surface area is 138 Å². The number of anilines is 1. The first-order valence-electron chi connectivity index (χ1n) is 7.71. The molecule has 2 aromatic rings. The molecule has 0 aliphatic carbocycles. The van der Waals surface area contributed by atoms with Crippen LogP contribution in [0.3, 0.4) is 0 Å². The summed E-state index contributed by atoms with van der Waals surface area (Å²) in [6, 6.07) is 6.88. The Kier molecular flexibility index (Phi) is 4.38. The Morgan fingerprint density at radius 1 is 1.43 bits per heavy atom. The first-order valence-corrected chi connectivity index (χ1v) is 8.12. The predicted molar refractivity (Wildman–Crippen MR) is 91.1 cm³/mol. The van der Waals surface area contributed by atoms with Gasteiger partial charge in [-0.15, -0.1) is 0 Å². The summed E-state index contributed by atoms with van der Waals surface area (Å²) in [7, 11) is 0. The fraction of sp³-hybridized carbons (Fsp3) is 0.375. The molecular weight excluding hydrogens is 312 g/mol. The first-order chi connectivity index (χ1) is 11.1. The topological polar surface area (TPSA) is 76.0 Å². The molecule has 1 aliphatic rings. The van der Waals surface area contributed by atoms with Gasteiger partial charge in [-0.3, -0.25) is 9.59 Å². The maximum atomic E-state index is 12.5. The fourth-order valence-electron chi connectivity index (χ4n) is 2.67. The van der Waals surface area contributed by atoms with Gasteiger partial charge in [0, 0.05) is 11.9 Å². The summed E-state index contributed by atoms with van der Waals surface area (Å²) in [5.74, 6) is 0.256. The Hall–Kier alpha value is -2.28. The van der Waals surface area contributed by atoms with E-state index in [2.05, 4.69) is 22.5 Å². The Morgan fingerprint density at radius 3 is 3.00 bits per heavy atom. The number of aromatic nitrogens is 2. The van der Waals surface area contributed by atoms with Crippen molar-refractivity contribution >= 4 is 40.8 Å². The second-order valence-electron chi connectivity index (χ2n) is 5.54. The van der Waals surface area contributed by atoms with Crippen LogP contribution in [0.25, 0.3) is 10.9 Å². The summed E-state index contributed by atoms with van der Waals surface area (Å²) >= 11 is 5.23. The highest BCUT2D eigenvalue weighted by molar-refractivity contribution is 7.71. The van der Waals surface area contributed by atoms with Crippen LogP contribution in [0.15, 0.2) is 24.3 Å². The number of rotatable bonds is 5. The van der Waals surface area contributed by atoms with Crippen LogP contribution in [0.5, 0.6) is 0 Å². The third-order valence-corrected chi connectivity index (χ3v) is 4.14. The van der Waals surface area contributed by atoms with E-state index in [1.165, 1.54) is 4.57 Å². The highest BCUT2D eigenvalue weighted by Crippen LogP contribution is 2.28. The van der Waals surface area contributed by atoms with E-state index in [4.69, 9.17) is 12.2 Å². The number of carbonyl (C=O) groups is 2. The number of benzene rings is 1. The lowest BCUT2D eigenvalue weighted by molar-refractivity contribution is -0.121. The zero-order chi connectivity index (χ0) is 16.4. The van der Waals surface area contributed by atoms with E-state index in [-0.39, 0.29) is 23.0 Å². The standard InChI is InChI=1S/C16H18N4O2S/c1-2-3-8-17-13(21)9-12-15(22)20-14(18-12)10-6-4-5-7-11(10)19-16(20)23/h4-7,12,18H,2-3,8-9H2,1H3,(H,17,21)/t12-/m1/s1. The SMILES string of the molecule is CCCCNC(=O)C[C@H]1Nc2c3ccccc3nc(=S)n2C1=O. The van der Waals surface area contributed by atoms with Crippen LogP contribution >= 0.6 is 12.2 Å². The van der Waals surface area contributed by atoms with Crippen molar-refractivity contribution in [2.45, 2.75) is 32.2 Å². The molecule has 1 atom stereocenters. The molecular formula is C16H18N4O2S. The van der Waals surface area contributed by atoms with E-state index >= 15 is 0 Å². The molecule has 2 N–H and O–H groups in total. The van der Waals surface area contributed by atoms with Crippen LogP contribution in [0.4, 0.5) is 5.82 Å². The van der Waals surface area contributed by atoms with Crippen molar-refractivity contribution in [2.24, 2.45) is 0 Å². The largest absolute Gasteiger partial charge is 0.358 e. The molecule has 0 saturated heterocycles. The Balaban J connectivity index is 1.84. The van der Waals surface area contributed by atoms with Gasteiger partial charge in [-0.05, 0) is 30.8 Å². The number of fused-ring (bicyclic) bond motifs is 3.